The number of anilines is 2. The Morgan fingerprint density at radius 3 is 2.33 bits per heavy atom. The zero-order valence-corrected chi connectivity index (χ0v) is 21.1. The average molecular weight is 550 g/mol. The van der Waals surface area contributed by atoms with E-state index in [-0.39, 0.29) is 4.90 Å². The molecule has 172 valence electrons. The van der Waals surface area contributed by atoms with E-state index in [1.165, 1.54) is 18.3 Å². The van der Waals surface area contributed by atoms with Crippen LogP contribution in [0.15, 0.2) is 87.3 Å². The van der Waals surface area contributed by atoms with Crippen molar-refractivity contribution in [2.24, 2.45) is 5.10 Å². The fraction of sp³-hybridized carbons (Fsp3) is 0.130. The lowest BCUT2D eigenvalue weighted by molar-refractivity contribution is -0.119. The lowest BCUT2D eigenvalue weighted by Crippen LogP contribution is -2.39. The molecule has 3 aromatic carbocycles. The molecule has 0 aliphatic rings. The number of carbonyl (C=O) groups is 1. The number of benzene rings is 3. The molecule has 0 aliphatic heterocycles. The Balaban J connectivity index is 1.79. The fourth-order valence-electron chi connectivity index (χ4n) is 2.95. The molecule has 0 saturated carbocycles. The molecule has 7 nitrogen and oxygen atoms in total. The molecule has 0 radical (unpaired) electrons. The molecule has 10 heteroatoms. The molecular weight excluding hydrogens is 528 g/mol. The summed E-state index contributed by atoms with van der Waals surface area (Å²) in [5, 5.41) is 4.43. The van der Waals surface area contributed by atoms with E-state index < -0.39 is 22.5 Å². The topological polar surface area (TPSA) is 82.1 Å². The summed E-state index contributed by atoms with van der Waals surface area (Å²) in [5.41, 5.74) is 4.47. The molecule has 0 atom stereocenters. The molecule has 1 amide bonds. The van der Waals surface area contributed by atoms with E-state index in [9.17, 15) is 13.2 Å². The van der Waals surface area contributed by atoms with Crippen molar-refractivity contribution < 1.29 is 13.2 Å². The molecule has 0 unspecified atom stereocenters. The van der Waals surface area contributed by atoms with Crippen LogP contribution in [-0.2, 0) is 14.8 Å². The molecule has 0 saturated heterocycles. The SMILES string of the molecule is CN(C)c1ccc(/C=N\NC(=O)CN(c2ccc(Cl)cc2)S(=O)(=O)c2ccccc2)cc1Br. The van der Waals surface area contributed by atoms with E-state index in [0.29, 0.717) is 10.7 Å². The average Bonchev–Trinajstić information content (AvgIpc) is 2.78. The zero-order valence-electron chi connectivity index (χ0n) is 17.9. The number of halogens is 2. The van der Waals surface area contributed by atoms with Crippen LogP contribution < -0.4 is 14.6 Å². The van der Waals surface area contributed by atoms with Crippen molar-refractivity contribution in [3.05, 3.63) is 87.9 Å². The first-order valence-electron chi connectivity index (χ1n) is 9.80. The molecule has 0 bridgehead atoms. The summed E-state index contributed by atoms with van der Waals surface area (Å²) in [5.74, 6) is -0.593. The second-order valence-corrected chi connectivity index (χ2v) is 10.4. The van der Waals surface area contributed by atoms with E-state index in [2.05, 4.69) is 26.5 Å². The van der Waals surface area contributed by atoms with Gasteiger partial charge in [-0.3, -0.25) is 9.10 Å². The van der Waals surface area contributed by atoms with Crippen LogP contribution in [0.2, 0.25) is 5.02 Å². The Kier molecular flexibility index (Phi) is 8.12. The summed E-state index contributed by atoms with van der Waals surface area (Å²) in [7, 11) is -0.122. The number of carbonyl (C=O) groups excluding carboxylic acids is 1. The smallest absolute Gasteiger partial charge is 0.264 e. The fourth-order valence-corrected chi connectivity index (χ4v) is 5.27. The maximum atomic E-state index is 13.2. The Bertz CT molecular complexity index is 1250. The van der Waals surface area contributed by atoms with Gasteiger partial charge in [0.15, 0.2) is 0 Å². The molecule has 1 N–H and O–H groups in total. The Labute approximate surface area is 206 Å². The Morgan fingerprint density at radius 2 is 1.73 bits per heavy atom. The number of rotatable bonds is 8. The quantitative estimate of drug-likeness (QED) is 0.331. The van der Waals surface area contributed by atoms with Gasteiger partial charge in [0.05, 0.1) is 22.5 Å². The molecule has 0 fully saturated rings. The zero-order chi connectivity index (χ0) is 24.0. The highest BCUT2D eigenvalue weighted by Crippen LogP contribution is 2.26. The third-order valence-electron chi connectivity index (χ3n) is 4.59. The third kappa shape index (κ3) is 6.34. The van der Waals surface area contributed by atoms with Crippen LogP contribution in [0.4, 0.5) is 11.4 Å². The van der Waals surface area contributed by atoms with Gasteiger partial charge in [0, 0.05) is 23.6 Å². The van der Waals surface area contributed by atoms with Crippen LogP contribution in [0.3, 0.4) is 0 Å². The normalized spacial score (nSPS) is 11.4. The number of hydrogen-bond donors (Lipinski definition) is 1. The summed E-state index contributed by atoms with van der Waals surface area (Å²) in [6.45, 7) is -0.459. The summed E-state index contributed by atoms with van der Waals surface area (Å²) in [6.07, 6.45) is 1.49. The van der Waals surface area contributed by atoms with Crippen molar-refractivity contribution in [1.82, 2.24) is 5.43 Å². The first-order chi connectivity index (χ1) is 15.7. The predicted octanol–water partition coefficient (Wildman–Crippen LogP) is 4.51. The van der Waals surface area contributed by atoms with Gasteiger partial charge in [0.2, 0.25) is 0 Å². The van der Waals surface area contributed by atoms with Crippen LogP contribution in [0.1, 0.15) is 5.56 Å². The maximum absolute atomic E-state index is 13.2. The van der Waals surface area contributed by atoms with Crippen molar-refractivity contribution in [1.29, 1.82) is 0 Å². The predicted molar refractivity (Wildman–Crippen MR) is 137 cm³/mol. The van der Waals surface area contributed by atoms with Gasteiger partial charge in [0.25, 0.3) is 15.9 Å². The van der Waals surface area contributed by atoms with Crippen molar-refractivity contribution in [2.75, 3.05) is 29.8 Å². The lowest BCUT2D eigenvalue weighted by atomic mass is 10.2. The molecule has 33 heavy (non-hydrogen) atoms. The summed E-state index contributed by atoms with van der Waals surface area (Å²) in [6, 6.07) is 19.8. The second kappa shape index (κ2) is 10.8. The van der Waals surface area contributed by atoms with Crippen LogP contribution in [0, 0.1) is 0 Å². The second-order valence-electron chi connectivity index (χ2n) is 7.20. The third-order valence-corrected chi connectivity index (χ3v) is 7.26. The standard InChI is InChI=1S/C23H22BrClN4O3S/c1-28(2)22-13-8-17(14-21(22)24)15-26-27-23(30)16-29(19-11-9-18(25)10-12-19)33(31,32)20-6-4-3-5-7-20/h3-15H,16H2,1-2H3,(H,27,30)/b26-15-. The van der Waals surface area contributed by atoms with E-state index in [1.54, 1.807) is 42.5 Å². The molecule has 3 aromatic rings. The summed E-state index contributed by atoms with van der Waals surface area (Å²) >= 11 is 9.45. The van der Waals surface area contributed by atoms with Crippen molar-refractivity contribution in [3.63, 3.8) is 0 Å². The Hall–Kier alpha value is -2.88. The van der Waals surface area contributed by atoms with Gasteiger partial charge in [0.1, 0.15) is 6.54 Å². The summed E-state index contributed by atoms with van der Waals surface area (Å²) in [4.78, 5) is 14.6. The van der Waals surface area contributed by atoms with Gasteiger partial charge in [-0.05, 0) is 70.0 Å². The van der Waals surface area contributed by atoms with Crippen molar-refractivity contribution >= 4 is 61.1 Å². The van der Waals surface area contributed by atoms with E-state index in [1.807, 2.05) is 37.2 Å². The van der Waals surface area contributed by atoms with E-state index in [0.717, 1.165) is 20.0 Å². The van der Waals surface area contributed by atoms with Crippen LogP contribution in [0.5, 0.6) is 0 Å². The highest BCUT2D eigenvalue weighted by atomic mass is 79.9. The van der Waals surface area contributed by atoms with Gasteiger partial charge >= 0.3 is 0 Å². The van der Waals surface area contributed by atoms with E-state index in [4.69, 9.17) is 11.6 Å². The molecule has 0 aliphatic carbocycles. The first kappa shape index (κ1) is 24.8. The number of amides is 1. The van der Waals surface area contributed by atoms with Crippen molar-refractivity contribution in [2.45, 2.75) is 4.90 Å². The lowest BCUT2D eigenvalue weighted by Gasteiger charge is -2.23. The highest BCUT2D eigenvalue weighted by molar-refractivity contribution is 9.10. The van der Waals surface area contributed by atoms with Gasteiger partial charge in [-0.15, -0.1) is 0 Å². The number of hydrazone groups is 1. The summed E-state index contributed by atoms with van der Waals surface area (Å²) < 4.78 is 28.4. The van der Waals surface area contributed by atoms with Crippen molar-refractivity contribution in [3.8, 4) is 0 Å². The van der Waals surface area contributed by atoms with Crippen LogP contribution >= 0.6 is 27.5 Å². The van der Waals surface area contributed by atoms with Crippen LogP contribution in [0.25, 0.3) is 0 Å². The minimum atomic E-state index is -3.99. The molecule has 0 spiro atoms. The molecule has 3 rings (SSSR count). The molecular formula is C23H22BrClN4O3S. The minimum absolute atomic E-state index is 0.0714. The highest BCUT2D eigenvalue weighted by Gasteiger charge is 2.27. The van der Waals surface area contributed by atoms with Gasteiger partial charge in [-0.25, -0.2) is 13.8 Å². The number of nitrogens with one attached hydrogen (secondary N) is 1. The largest absolute Gasteiger partial charge is 0.377 e. The maximum Gasteiger partial charge on any atom is 0.264 e. The number of sulfonamides is 1. The van der Waals surface area contributed by atoms with E-state index >= 15 is 0 Å². The minimum Gasteiger partial charge on any atom is -0.377 e. The van der Waals surface area contributed by atoms with Gasteiger partial charge < -0.3 is 4.90 Å². The number of nitrogens with zero attached hydrogens (tertiary/aromatic N) is 3. The molecule has 0 heterocycles. The Morgan fingerprint density at radius 1 is 1.06 bits per heavy atom. The van der Waals surface area contributed by atoms with Crippen LogP contribution in [-0.4, -0.2) is 41.2 Å². The monoisotopic (exact) mass is 548 g/mol. The number of hydrogen-bond acceptors (Lipinski definition) is 5. The van der Waals surface area contributed by atoms with Gasteiger partial charge in [-0.2, -0.15) is 5.10 Å². The van der Waals surface area contributed by atoms with Gasteiger partial charge in [-0.1, -0.05) is 35.9 Å². The first-order valence-corrected chi connectivity index (χ1v) is 12.4. The molecule has 0 aromatic heterocycles.